The highest BCUT2D eigenvalue weighted by Gasteiger charge is 2.35. The fourth-order valence-electron chi connectivity index (χ4n) is 2.50. The average molecular weight is 380 g/mol. The van der Waals surface area contributed by atoms with Crippen LogP contribution >= 0.6 is 23.2 Å². The van der Waals surface area contributed by atoms with E-state index in [4.69, 9.17) is 33.0 Å². The van der Waals surface area contributed by atoms with E-state index in [0.29, 0.717) is 16.7 Å². The molecule has 0 saturated carbocycles. The predicted octanol–water partition coefficient (Wildman–Crippen LogP) is 3.25. The summed E-state index contributed by atoms with van der Waals surface area (Å²) in [6.45, 7) is -0.613. The van der Waals surface area contributed by atoms with Crippen molar-refractivity contribution in [2.45, 2.75) is 6.54 Å². The van der Waals surface area contributed by atoms with Crippen LogP contribution in [0.5, 0.6) is 5.75 Å². The smallest absolute Gasteiger partial charge is 0.341 e. The maximum Gasteiger partial charge on any atom is 0.341 e. The lowest BCUT2D eigenvalue weighted by Crippen LogP contribution is -2.29. The summed E-state index contributed by atoms with van der Waals surface area (Å²) in [6, 6.07) is 9.54. The molecule has 0 aliphatic carbocycles. The van der Waals surface area contributed by atoms with Gasteiger partial charge in [-0.2, -0.15) is 0 Å². The molecule has 0 saturated heterocycles. The van der Waals surface area contributed by atoms with Gasteiger partial charge in [0.25, 0.3) is 11.8 Å². The average Bonchev–Trinajstić information content (AvgIpc) is 2.83. The lowest BCUT2D eigenvalue weighted by molar-refractivity contribution is -0.139. The number of halogens is 2. The quantitative estimate of drug-likeness (QED) is 0.806. The summed E-state index contributed by atoms with van der Waals surface area (Å²) < 4.78 is 5.03. The first-order valence-electron chi connectivity index (χ1n) is 7.17. The molecule has 0 aromatic heterocycles. The van der Waals surface area contributed by atoms with Gasteiger partial charge in [-0.1, -0.05) is 41.4 Å². The van der Waals surface area contributed by atoms with Crippen LogP contribution in [-0.2, 0) is 11.3 Å². The third-order valence-electron chi connectivity index (χ3n) is 3.68. The zero-order chi connectivity index (χ0) is 18.1. The Morgan fingerprint density at radius 2 is 1.60 bits per heavy atom. The zero-order valence-electron chi connectivity index (χ0n) is 12.7. The Labute approximate surface area is 152 Å². The number of carboxylic acids is 1. The van der Waals surface area contributed by atoms with Gasteiger partial charge in [-0.05, 0) is 23.8 Å². The summed E-state index contributed by atoms with van der Waals surface area (Å²) in [5, 5.41) is 8.76. The molecule has 8 heteroatoms. The van der Waals surface area contributed by atoms with Crippen LogP contribution < -0.4 is 4.74 Å². The molecule has 1 aliphatic rings. The maximum atomic E-state index is 12.4. The number of amides is 2. The number of imide groups is 1. The lowest BCUT2D eigenvalue weighted by atomic mass is 10.1. The molecule has 0 radical (unpaired) electrons. The fourth-order valence-corrected chi connectivity index (χ4v) is 2.95. The number of carbonyl (C=O) groups is 3. The molecule has 25 heavy (non-hydrogen) atoms. The SMILES string of the molecule is O=C(O)COc1ccc(CN2C(=O)c3ccccc3C2=O)c(Cl)c1Cl. The van der Waals surface area contributed by atoms with Gasteiger partial charge in [0.1, 0.15) is 10.8 Å². The Morgan fingerprint density at radius 1 is 1.00 bits per heavy atom. The summed E-state index contributed by atoms with van der Waals surface area (Å²) in [5.74, 6) is -1.85. The van der Waals surface area contributed by atoms with Gasteiger partial charge in [0.2, 0.25) is 0 Å². The largest absolute Gasteiger partial charge is 0.480 e. The Morgan fingerprint density at radius 3 is 2.16 bits per heavy atom. The molecule has 2 aromatic carbocycles. The summed E-state index contributed by atoms with van der Waals surface area (Å²) in [4.78, 5) is 36.4. The second-order valence-electron chi connectivity index (χ2n) is 5.28. The summed E-state index contributed by atoms with van der Waals surface area (Å²) in [5.41, 5.74) is 1.14. The molecule has 128 valence electrons. The number of nitrogens with zero attached hydrogens (tertiary/aromatic N) is 1. The minimum Gasteiger partial charge on any atom is -0.480 e. The van der Waals surface area contributed by atoms with E-state index in [1.807, 2.05) is 0 Å². The van der Waals surface area contributed by atoms with E-state index >= 15 is 0 Å². The van der Waals surface area contributed by atoms with Gasteiger partial charge in [0.05, 0.1) is 22.7 Å². The molecule has 0 atom stereocenters. The second kappa shape index (κ2) is 6.74. The number of ether oxygens (including phenoxy) is 1. The van der Waals surface area contributed by atoms with Crippen LogP contribution in [-0.4, -0.2) is 34.4 Å². The van der Waals surface area contributed by atoms with E-state index in [1.54, 1.807) is 24.3 Å². The first-order valence-corrected chi connectivity index (χ1v) is 7.92. The Hall–Kier alpha value is -2.57. The van der Waals surface area contributed by atoms with Crippen molar-refractivity contribution in [1.29, 1.82) is 0 Å². The summed E-state index contributed by atoms with van der Waals surface area (Å²) >= 11 is 12.3. The van der Waals surface area contributed by atoms with Crippen molar-refractivity contribution in [3.8, 4) is 5.75 Å². The molecule has 0 spiro atoms. The number of aliphatic carboxylic acids is 1. The zero-order valence-corrected chi connectivity index (χ0v) is 14.2. The number of carbonyl (C=O) groups excluding carboxylic acids is 2. The van der Waals surface area contributed by atoms with E-state index in [9.17, 15) is 14.4 Å². The number of hydrogen-bond donors (Lipinski definition) is 1. The second-order valence-corrected chi connectivity index (χ2v) is 6.03. The highest BCUT2D eigenvalue weighted by Crippen LogP contribution is 2.36. The maximum absolute atomic E-state index is 12.4. The monoisotopic (exact) mass is 379 g/mol. The van der Waals surface area contributed by atoms with Gasteiger partial charge in [0.15, 0.2) is 6.61 Å². The van der Waals surface area contributed by atoms with Gasteiger partial charge < -0.3 is 9.84 Å². The molecule has 0 unspecified atom stereocenters. The van der Waals surface area contributed by atoms with E-state index in [2.05, 4.69) is 0 Å². The van der Waals surface area contributed by atoms with E-state index in [0.717, 1.165) is 4.90 Å². The number of fused-ring (bicyclic) bond motifs is 1. The van der Waals surface area contributed by atoms with Crippen LogP contribution in [0.2, 0.25) is 10.0 Å². The minimum absolute atomic E-state index is 0.0250. The number of benzene rings is 2. The lowest BCUT2D eigenvalue weighted by Gasteiger charge is -2.16. The van der Waals surface area contributed by atoms with Crippen molar-refractivity contribution >= 4 is 41.0 Å². The molecule has 0 bridgehead atoms. The normalized spacial score (nSPS) is 13.1. The molecule has 1 N–H and O–H groups in total. The molecule has 1 aliphatic heterocycles. The molecule has 6 nitrogen and oxygen atoms in total. The van der Waals surface area contributed by atoms with Gasteiger partial charge in [-0.25, -0.2) is 4.79 Å². The minimum atomic E-state index is -1.15. The molecular weight excluding hydrogens is 369 g/mol. The standard InChI is InChI=1S/C17H11Cl2NO5/c18-14-9(5-6-12(15(14)19)25-8-13(21)22)7-20-16(23)10-3-1-2-4-11(10)17(20)24/h1-6H,7-8H2,(H,21,22). The topological polar surface area (TPSA) is 83.9 Å². The van der Waals surface area contributed by atoms with Crippen molar-refractivity contribution < 1.29 is 24.2 Å². The predicted molar refractivity (Wildman–Crippen MR) is 90.2 cm³/mol. The van der Waals surface area contributed by atoms with Crippen molar-refractivity contribution in [3.05, 3.63) is 63.1 Å². The van der Waals surface area contributed by atoms with Crippen molar-refractivity contribution in [3.63, 3.8) is 0 Å². The van der Waals surface area contributed by atoms with Gasteiger partial charge in [-0.3, -0.25) is 14.5 Å². The Bertz CT molecular complexity index is 862. The van der Waals surface area contributed by atoms with Crippen molar-refractivity contribution in [2.75, 3.05) is 6.61 Å². The third kappa shape index (κ3) is 3.18. The molecule has 2 aromatic rings. The molecule has 2 amide bonds. The highest BCUT2D eigenvalue weighted by atomic mass is 35.5. The fraction of sp³-hybridized carbons (Fsp3) is 0.118. The molecule has 1 heterocycles. The third-order valence-corrected chi connectivity index (χ3v) is 4.59. The van der Waals surface area contributed by atoms with Gasteiger partial charge >= 0.3 is 5.97 Å². The van der Waals surface area contributed by atoms with Crippen LogP contribution in [0.3, 0.4) is 0 Å². The Kier molecular flexibility index (Phi) is 4.65. The van der Waals surface area contributed by atoms with Crippen LogP contribution in [0.1, 0.15) is 26.3 Å². The molecule has 3 rings (SSSR count). The number of carboxylic acid groups (broad SMARTS) is 1. The van der Waals surface area contributed by atoms with Crippen LogP contribution in [0.15, 0.2) is 36.4 Å². The first kappa shape index (κ1) is 17.3. The van der Waals surface area contributed by atoms with Crippen molar-refractivity contribution in [2.24, 2.45) is 0 Å². The van der Waals surface area contributed by atoms with Crippen LogP contribution in [0.4, 0.5) is 0 Å². The first-order chi connectivity index (χ1) is 11.9. The Balaban J connectivity index is 1.85. The van der Waals surface area contributed by atoms with E-state index < -0.39 is 24.4 Å². The van der Waals surface area contributed by atoms with Crippen LogP contribution in [0, 0.1) is 0 Å². The number of hydrogen-bond acceptors (Lipinski definition) is 4. The van der Waals surface area contributed by atoms with E-state index in [-0.39, 0.29) is 22.3 Å². The molecular formula is C17H11Cl2NO5. The van der Waals surface area contributed by atoms with Gasteiger partial charge in [-0.15, -0.1) is 0 Å². The summed E-state index contributed by atoms with van der Waals surface area (Å²) in [7, 11) is 0. The summed E-state index contributed by atoms with van der Waals surface area (Å²) in [6.07, 6.45) is 0. The molecule has 0 fully saturated rings. The van der Waals surface area contributed by atoms with Crippen LogP contribution in [0.25, 0.3) is 0 Å². The highest BCUT2D eigenvalue weighted by molar-refractivity contribution is 6.43. The number of rotatable bonds is 5. The van der Waals surface area contributed by atoms with E-state index in [1.165, 1.54) is 12.1 Å². The van der Waals surface area contributed by atoms with Gasteiger partial charge in [0, 0.05) is 0 Å². The van der Waals surface area contributed by atoms with Crippen molar-refractivity contribution in [1.82, 2.24) is 4.90 Å².